The second-order valence-corrected chi connectivity index (χ2v) is 5.74. The predicted octanol–water partition coefficient (Wildman–Crippen LogP) is 2.52. The maximum absolute atomic E-state index is 8.06. The van der Waals surface area contributed by atoms with Crippen molar-refractivity contribution in [1.82, 2.24) is 5.32 Å². The summed E-state index contributed by atoms with van der Waals surface area (Å²) < 4.78 is 6.22. The molecule has 3 rings (SSSR count). The molecule has 2 aliphatic rings. The Morgan fingerprint density at radius 2 is 1.79 bits per heavy atom. The predicted molar refractivity (Wildman–Crippen MR) is 77.6 cm³/mol. The molecule has 0 saturated carbocycles. The molecule has 0 aromatic heterocycles. The molecular formula is C16H25NO2. The molecular weight excluding hydrogens is 238 g/mol. The lowest BCUT2D eigenvalue weighted by atomic mass is 9.84. The first kappa shape index (κ1) is 14.4. The number of hydrogen-bond acceptors (Lipinski definition) is 3. The van der Waals surface area contributed by atoms with Crippen molar-refractivity contribution >= 4 is 0 Å². The molecule has 2 N–H and O–H groups in total. The van der Waals surface area contributed by atoms with Gasteiger partial charge in [-0.15, -0.1) is 0 Å². The topological polar surface area (TPSA) is 41.5 Å². The number of aliphatic hydroxyl groups excluding tert-OH is 1. The minimum Gasteiger partial charge on any atom is -0.487 e. The largest absolute Gasteiger partial charge is 0.487 e. The lowest BCUT2D eigenvalue weighted by Crippen LogP contribution is -2.48. The Labute approximate surface area is 116 Å². The molecule has 1 aromatic rings. The molecule has 1 spiro atoms. The van der Waals surface area contributed by atoms with Crippen LogP contribution in [0.3, 0.4) is 0 Å². The second-order valence-electron chi connectivity index (χ2n) is 5.74. The fourth-order valence-corrected chi connectivity index (χ4v) is 2.69. The minimum absolute atomic E-state index is 0.138. The van der Waals surface area contributed by atoms with E-state index in [4.69, 9.17) is 9.84 Å². The molecule has 0 bridgehead atoms. The van der Waals surface area contributed by atoms with Crippen LogP contribution in [0, 0.1) is 0 Å². The monoisotopic (exact) mass is 263 g/mol. The molecule has 106 valence electrons. The maximum Gasteiger partial charge on any atom is 0.123 e. The van der Waals surface area contributed by atoms with Gasteiger partial charge in [-0.1, -0.05) is 18.2 Å². The summed E-state index contributed by atoms with van der Waals surface area (Å²) in [6.45, 7) is 5.64. The first-order chi connectivity index (χ1) is 9.11. The molecule has 2 heterocycles. The summed E-state index contributed by atoms with van der Waals surface area (Å²) in [5.41, 5.74) is 1.52. The Bertz CT molecular complexity index is 395. The lowest BCUT2D eigenvalue weighted by molar-refractivity contribution is 0.0170. The van der Waals surface area contributed by atoms with Gasteiger partial charge < -0.3 is 15.2 Å². The van der Waals surface area contributed by atoms with Crippen LogP contribution >= 0.6 is 0 Å². The summed E-state index contributed by atoms with van der Waals surface area (Å²) in [6, 6.07) is 8.46. The van der Waals surface area contributed by atoms with Gasteiger partial charge in [0.1, 0.15) is 11.4 Å². The van der Waals surface area contributed by atoms with E-state index in [1.807, 2.05) is 0 Å². The summed E-state index contributed by atoms with van der Waals surface area (Å²) >= 11 is 0. The standard InChI is InChI=1S/C13H17NO.C3H8O/c1-2-4-12-11(3-1)5-6-13(15-12)7-9-14-10-8-13;1-3(2)4/h1-4,14H,5-10H2;3-4H,1-2H3. The smallest absolute Gasteiger partial charge is 0.123 e. The van der Waals surface area contributed by atoms with Gasteiger partial charge in [0.25, 0.3) is 0 Å². The van der Waals surface area contributed by atoms with Gasteiger partial charge in [0.15, 0.2) is 0 Å². The van der Waals surface area contributed by atoms with Crippen molar-refractivity contribution in [2.75, 3.05) is 13.1 Å². The van der Waals surface area contributed by atoms with Crippen LogP contribution in [0.15, 0.2) is 24.3 Å². The summed E-state index contributed by atoms with van der Waals surface area (Å²) in [5.74, 6) is 1.12. The van der Waals surface area contributed by atoms with Crippen LogP contribution in [0.1, 0.15) is 38.7 Å². The zero-order chi connectivity index (χ0) is 13.7. The lowest BCUT2D eigenvalue weighted by Gasteiger charge is -2.41. The number of rotatable bonds is 0. The van der Waals surface area contributed by atoms with E-state index < -0.39 is 0 Å². The number of piperidine rings is 1. The Morgan fingerprint density at radius 3 is 2.47 bits per heavy atom. The Morgan fingerprint density at radius 1 is 1.16 bits per heavy atom. The third-order valence-corrected chi connectivity index (χ3v) is 3.66. The molecule has 0 amide bonds. The highest BCUT2D eigenvalue weighted by molar-refractivity contribution is 5.36. The first-order valence-corrected chi connectivity index (χ1v) is 7.27. The van der Waals surface area contributed by atoms with Gasteiger partial charge in [0, 0.05) is 6.10 Å². The van der Waals surface area contributed by atoms with Crippen molar-refractivity contribution in [2.45, 2.75) is 51.2 Å². The van der Waals surface area contributed by atoms with Crippen molar-refractivity contribution < 1.29 is 9.84 Å². The van der Waals surface area contributed by atoms with E-state index in [2.05, 4.69) is 29.6 Å². The molecule has 1 fully saturated rings. The molecule has 0 aliphatic carbocycles. The van der Waals surface area contributed by atoms with Crippen LogP contribution in [-0.4, -0.2) is 29.9 Å². The second kappa shape index (κ2) is 6.40. The van der Waals surface area contributed by atoms with E-state index in [9.17, 15) is 0 Å². The normalized spacial score (nSPS) is 20.2. The molecule has 3 heteroatoms. The first-order valence-electron chi connectivity index (χ1n) is 7.27. The number of ether oxygens (including phenoxy) is 1. The SMILES string of the molecule is CC(C)O.c1ccc2c(c1)CCC1(CCNCC1)O2. The van der Waals surface area contributed by atoms with Gasteiger partial charge in [0.05, 0.1) is 0 Å². The molecule has 2 aliphatic heterocycles. The van der Waals surface area contributed by atoms with Crippen molar-refractivity contribution in [3.63, 3.8) is 0 Å². The number of hydrogen-bond donors (Lipinski definition) is 2. The van der Waals surface area contributed by atoms with Gasteiger partial charge in [-0.25, -0.2) is 0 Å². The minimum atomic E-state index is -0.167. The van der Waals surface area contributed by atoms with E-state index in [-0.39, 0.29) is 11.7 Å². The zero-order valence-corrected chi connectivity index (χ0v) is 12.0. The highest BCUT2D eigenvalue weighted by Gasteiger charge is 2.37. The van der Waals surface area contributed by atoms with E-state index in [1.165, 1.54) is 18.4 Å². The maximum atomic E-state index is 8.06. The quantitative estimate of drug-likeness (QED) is 0.756. The average molecular weight is 263 g/mol. The highest BCUT2D eigenvalue weighted by Crippen LogP contribution is 2.37. The van der Waals surface area contributed by atoms with E-state index >= 15 is 0 Å². The highest BCUT2D eigenvalue weighted by atomic mass is 16.5. The van der Waals surface area contributed by atoms with Crippen molar-refractivity contribution in [3.05, 3.63) is 29.8 Å². The van der Waals surface area contributed by atoms with Gasteiger partial charge in [-0.3, -0.25) is 0 Å². The van der Waals surface area contributed by atoms with Crippen molar-refractivity contribution in [1.29, 1.82) is 0 Å². The number of benzene rings is 1. The van der Waals surface area contributed by atoms with Gasteiger partial charge in [-0.05, 0) is 64.3 Å². The van der Waals surface area contributed by atoms with E-state index in [0.717, 1.165) is 31.7 Å². The Hall–Kier alpha value is -1.06. The van der Waals surface area contributed by atoms with E-state index in [0.29, 0.717) is 0 Å². The van der Waals surface area contributed by atoms with E-state index in [1.54, 1.807) is 13.8 Å². The van der Waals surface area contributed by atoms with Crippen molar-refractivity contribution in [2.24, 2.45) is 0 Å². The molecule has 0 atom stereocenters. The van der Waals surface area contributed by atoms with Crippen LogP contribution < -0.4 is 10.1 Å². The third kappa shape index (κ3) is 3.95. The third-order valence-electron chi connectivity index (χ3n) is 3.66. The van der Waals surface area contributed by atoms with Crippen LogP contribution in [0.4, 0.5) is 0 Å². The number of para-hydroxylation sites is 1. The number of fused-ring (bicyclic) bond motifs is 1. The van der Waals surface area contributed by atoms with Crippen molar-refractivity contribution in [3.8, 4) is 5.75 Å². The summed E-state index contributed by atoms with van der Waals surface area (Å²) in [4.78, 5) is 0. The fourth-order valence-electron chi connectivity index (χ4n) is 2.69. The fraction of sp³-hybridized carbons (Fsp3) is 0.625. The Kier molecular flexibility index (Phi) is 4.83. The summed E-state index contributed by atoms with van der Waals surface area (Å²) in [6.07, 6.45) is 4.50. The molecule has 0 radical (unpaired) electrons. The Balaban J connectivity index is 0.000000297. The summed E-state index contributed by atoms with van der Waals surface area (Å²) in [5, 5.41) is 11.5. The number of aliphatic hydroxyl groups is 1. The van der Waals surface area contributed by atoms with Crippen LogP contribution in [0.25, 0.3) is 0 Å². The number of nitrogens with one attached hydrogen (secondary N) is 1. The van der Waals surface area contributed by atoms with Crippen LogP contribution in [0.2, 0.25) is 0 Å². The van der Waals surface area contributed by atoms with Gasteiger partial charge >= 0.3 is 0 Å². The van der Waals surface area contributed by atoms with Crippen LogP contribution in [0.5, 0.6) is 5.75 Å². The molecule has 1 aromatic carbocycles. The molecule has 19 heavy (non-hydrogen) atoms. The number of aryl methyl sites for hydroxylation is 1. The zero-order valence-electron chi connectivity index (χ0n) is 12.0. The molecule has 3 nitrogen and oxygen atoms in total. The van der Waals surface area contributed by atoms with Crippen LogP contribution in [-0.2, 0) is 6.42 Å². The van der Waals surface area contributed by atoms with Gasteiger partial charge in [0.2, 0.25) is 0 Å². The average Bonchev–Trinajstić information content (AvgIpc) is 2.39. The molecule has 1 saturated heterocycles. The molecule has 0 unspecified atom stereocenters. The van der Waals surface area contributed by atoms with Gasteiger partial charge in [-0.2, -0.15) is 0 Å². The summed E-state index contributed by atoms with van der Waals surface area (Å²) in [7, 11) is 0.